The molecule has 0 spiro atoms. The lowest BCUT2D eigenvalue weighted by molar-refractivity contribution is -0.139. The van der Waals surface area contributed by atoms with Crippen molar-refractivity contribution >= 4 is 5.97 Å². The largest absolute Gasteiger partial charge is 0.486 e. The fraction of sp³-hybridized carbons (Fsp3) is 0.462. The molecule has 1 aromatic carbocycles. The maximum atomic E-state index is 10.9. The second-order valence-corrected chi connectivity index (χ2v) is 3.98. The van der Waals surface area contributed by atoms with Crippen LogP contribution in [0.1, 0.15) is 5.56 Å². The maximum absolute atomic E-state index is 10.9. The molecule has 0 aliphatic carbocycles. The number of esters is 1. The lowest BCUT2D eigenvalue weighted by Crippen LogP contribution is -2.25. The molecular formula is C13H17NO4. The first kappa shape index (κ1) is 12.7. The molecule has 2 rings (SSSR count). The molecule has 0 amide bonds. The van der Waals surface area contributed by atoms with Crippen molar-refractivity contribution in [2.24, 2.45) is 0 Å². The highest BCUT2D eigenvalue weighted by molar-refractivity contribution is 5.71. The number of carbonyl (C=O) groups is 1. The van der Waals surface area contributed by atoms with Gasteiger partial charge < -0.3 is 19.5 Å². The van der Waals surface area contributed by atoms with E-state index in [9.17, 15) is 4.79 Å². The smallest absolute Gasteiger partial charge is 0.319 e. The molecule has 5 heteroatoms. The van der Waals surface area contributed by atoms with Crippen molar-refractivity contribution in [1.82, 2.24) is 5.32 Å². The highest BCUT2D eigenvalue weighted by Gasteiger charge is 2.11. The first-order valence-electron chi connectivity index (χ1n) is 5.95. The van der Waals surface area contributed by atoms with Crippen LogP contribution in [0.3, 0.4) is 0 Å². The van der Waals surface area contributed by atoms with Crippen LogP contribution in [0.2, 0.25) is 0 Å². The second kappa shape index (κ2) is 6.26. The van der Waals surface area contributed by atoms with E-state index in [1.165, 1.54) is 7.11 Å². The quantitative estimate of drug-likeness (QED) is 0.618. The number of methoxy groups -OCH3 is 1. The molecule has 0 fully saturated rings. The fourth-order valence-corrected chi connectivity index (χ4v) is 1.74. The number of hydrogen-bond acceptors (Lipinski definition) is 5. The van der Waals surface area contributed by atoms with Gasteiger partial charge in [0.15, 0.2) is 11.5 Å². The Morgan fingerprint density at radius 1 is 1.33 bits per heavy atom. The first-order valence-corrected chi connectivity index (χ1v) is 5.95. The van der Waals surface area contributed by atoms with Crippen molar-refractivity contribution in [3.8, 4) is 11.5 Å². The number of fused-ring (bicyclic) bond motifs is 1. The van der Waals surface area contributed by atoms with Crippen LogP contribution in [0.25, 0.3) is 0 Å². The molecule has 18 heavy (non-hydrogen) atoms. The molecule has 0 unspecified atom stereocenters. The highest BCUT2D eigenvalue weighted by atomic mass is 16.6. The summed E-state index contributed by atoms with van der Waals surface area (Å²) in [6.45, 7) is 2.15. The van der Waals surface area contributed by atoms with E-state index in [1.54, 1.807) is 0 Å². The number of ether oxygens (including phenoxy) is 3. The van der Waals surface area contributed by atoms with Crippen molar-refractivity contribution in [2.75, 3.05) is 33.4 Å². The van der Waals surface area contributed by atoms with Crippen molar-refractivity contribution in [3.05, 3.63) is 23.8 Å². The van der Waals surface area contributed by atoms with Crippen molar-refractivity contribution in [2.45, 2.75) is 6.42 Å². The van der Waals surface area contributed by atoms with Crippen LogP contribution in [0.5, 0.6) is 11.5 Å². The molecule has 98 valence electrons. The zero-order chi connectivity index (χ0) is 12.8. The number of rotatable bonds is 5. The minimum Gasteiger partial charge on any atom is -0.486 e. The summed E-state index contributed by atoms with van der Waals surface area (Å²) in [5, 5.41) is 3.02. The average Bonchev–Trinajstić information content (AvgIpc) is 2.43. The van der Waals surface area contributed by atoms with Gasteiger partial charge in [-0.15, -0.1) is 0 Å². The number of carbonyl (C=O) groups excluding carboxylic acids is 1. The minimum absolute atomic E-state index is 0.237. The fourth-order valence-electron chi connectivity index (χ4n) is 1.74. The van der Waals surface area contributed by atoms with Crippen LogP contribution in [0, 0.1) is 0 Å². The van der Waals surface area contributed by atoms with Gasteiger partial charge in [-0.25, -0.2) is 0 Å². The summed E-state index contributed by atoms with van der Waals surface area (Å²) in [5.74, 6) is 1.34. The van der Waals surface area contributed by atoms with E-state index in [1.807, 2.05) is 18.2 Å². The van der Waals surface area contributed by atoms with Gasteiger partial charge in [0, 0.05) is 0 Å². The molecule has 1 aliphatic rings. The number of nitrogens with one attached hydrogen (secondary N) is 1. The van der Waals surface area contributed by atoms with Gasteiger partial charge in [0.25, 0.3) is 0 Å². The van der Waals surface area contributed by atoms with Crippen LogP contribution in [-0.4, -0.2) is 39.4 Å². The Bertz CT molecular complexity index is 419. The summed E-state index contributed by atoms with van der Waals surface area (Å²) in [6.07, 6.45) is 0.827. The zero-order valence-corrected chi connectivity index (χ0v) is 10.4. The molecule has 1 heterocycles. The Morgan fingerprint density at radius 3 is 2.89 bits per heavy atom. The molecule has 0 radical (unpaired) electrons. The SMILES string of the molecule is COC(=O)CNCCc1ccc2c(c1)OCCO2. The van der Waals surface area contributed by atoms with Crippen LogP contribution >= 0.6 is 0 Å². The van der Waals surface area contributed by atoms with Gasteiger partial charge in [-0.1, -0.05) is 6.07 Å². The van der Waals surface area contributed by atoms with E-state index in [-0.39, 0.29) is 12.5 Å². The van der Waals surface area contributed by atoms with E-state index >= 15 is 0 Å². The molecule has 1 aromatic rings. The molecule has 0 aromatic heterocycles. The molecule has 0 saturated carbocycles. The van der Waals surface area contributed by atoms with Crippen molar-refractivity contribution in [3.63, 3.8) is 0 Å². The lowest BCUT2D eigenvalue weighted by Gasteiger charge is -2.18. The third kappa shape index (κ3) is 3.37. The predicted octanol–water partition coefficient (Wildman–Crippen LogP) is 0.763. The summed E-state index contributed by atoms with van der Waals surface area (Å²) < 4.78 is 15.5. The Labute approximate surface area is 106 Å². The second-order valence-electron chi connectivity index (χ2n) is 3.98. The summed E-state index contributed by atoms with van der Waals surface area (Å²) >= 11 is 0. The van der Waals surface area contributed by atoms with Gasteiger partial charge in [0.1, 0.15) is 13.2 Å². The summed E-state index contributed by atoms with van der Waals surface area (Å²) in [6, 6.07) is 5.91. The molecule has 5 nitrogen and oxygen atoms in total. The standard InChI is InChI=1S/C13H17NO4/c1-16-13(15)9-14-5-4-10-2-3-11-12(8-10)18-7-6-17-11/h2-3,8,14H,4-7,9H2,1H3. The van der Waals surface area contributed by atoms with E-state index < -0.39 is 0 Å². The van der Waals surface area contributed by atoms with Crippen LogP contribution in [-0.2, 0) is 16.0 Å². The van der Waals surface area contributed by atoms with Crippen LogP contribution in [0.15, 0.2) is 18.2 Å². The molecule has 0 atom stereocenters. The highest BCUT2D eigenvalue weighted by Crippen LogP contribution is 2.30. The normalized spacial score (nSPS) is 13.2. The van der Waals surface area contributed by atoms with Crippen molar-refractivity contribution < 1.29 is 19.0 Å². The average molecular weight is 251 g/mol. The Balaban J connectivity index is 1.81. The molecule has 1 aliphatic heterocycles. The van der Waals surface area contributed by atoms with Gasteiger partial charge in [-0.05, 0) is 30.7 Å². The zero-order valence-electron chi connectivity index (χ0n) is 10.4. The minimum atomic E-state index is -0.253. The molecule has 0 saturated heterocycles. The monoisotopic (exact) mass is 251 g/mol. The van der Waals surface area contributed by atoms with Crippen molar-refractivity contribution in [1.29, 1.82) is 0 Å². The van der Waals surface area contributed by atoms with E-state index in [0.29, 0.717) is 13.2 Å². The summed E-state index contributed by atoms with van der Waals surface area (Å²) in [4.78, 5) is 10.9. The van der Waals surface area contributed by atoms with E-state index in [0.717, 1.165) is 30.0 Å². The van der Waals surface area contributed by atoms with Gasteiger partial charge in [-0.2, -0.15) is 0 Å². The van der Waals surface area contributed by atoms with E-state index in [4.69, 9.17) is 9.47 Å². The topological polar surface area (TPSA) is 56.8 Å². The maximum Gasteiger partial charge on any atom is 0.319 e. The lowest BCUT2D eigenvalue weighted by atomic mass is 10.1. The van der Waals surface area contributed by atoms with Crippen LogP contribution in [0.4, 0.5) is 0 Å². The predicted molar refractivity (Wildman–Crippen MR) is 66.0 cm³/mol. The van der Waals surface area contributed by atoms with E-state index in [2.05, 4.69) is 10.1 Å². The Morgan fingerprint density at radius 2 is 2.11 bits per heavy atom. The van der Waals surface area contributed by atoms with Gasteiger partial charge >= 0.3 is 5.97 Å². The van der Waals surface area contributed by atoms with Gasteiger partial charge in [-0.3, -0.25) is 4.79 Å². The molecule has 1 N–H and O–H groups in total. The summed E-state index contributed by atoms with van der Waals surface area (Å²) in [5.41, 5.74) is 1.15. The summed E-state index contributed by atoms with van der Waals surface area (Å²) in [7, 11) is 1.38. The number of benzene rings is 1. The molecular weight excluding hydrogens is 234 g/mol. The Hall–Kier alpha value is -1.75. The third-order valence-electron chi connectivity index (χ3n) is 2.69. The van der Waals surface area contributed by atoms with Gasteiger partial charge in [0.2, 0.25) is 0 Å². The first-order chi connectivity index (χ1) is 8.79. The number of hydrogen-bond donors (Lipinski definition) is 1. The van der Waals surface area contributed by atoms with Crippen LogP contribution < -0.4 is 14.8 Å². The third-order valence-corrected chi connectivity index (χ3v) is 2.69. The Kier molecular flexibility index (Phi) is 4.41. The van der Waals surface area contributed by atoms with Gasteiger partial charge in [0.05, 0.1) is 13.7 Å². The molecule has 0 bridgehead atoms.